The minimum atomic E-state index is -0.418. The lowest BCUT2D eigenvalue weighted by molar-refractivity contribution is -0.121. The number of nitrogen functional groups attached to an aromatic ring is 1. The Morgan fingerprint density at radius 3 is 2.83 bits per heavy atom. The smallest absolute Gasteiger partial charge is 0.247 e. The number of nitrogens with two attached hydrogens (primary N) is 1. The standard InChI is InChI=1S/C18H15N3O2S/c19-12-2-1-3-14(8-12)24-16-10-17(22)21(18(16)23)13-5-4-11-6-7-20-15(11)9-13/h1-9,16,20H,10,19H2. The molecule has 0 radical (unpaired) electrons. The van der Waals surface area contributed by atoms with Gasteiger partial charge in [0.1, 0.15) is 0 Å². The third-order valence-corrected chi connectivity index (χ3v) is 5.22. The lowest BCUT2D eigenvalue weighted by Gasteiger charge is -2.15. The summed E-state index contributed by atoms with van der Waals surface area (Å²) >= 11 is 1.38. The predicted octanol–water partition coefficient (Wildman–Crippen LogP) is 3.17. The van der Waals surface area contributed by atoms with Crippen molar-refractivity contribution < 1.29 is 9.59 Å². The molecule has 0 spiro atoms. The van der Waals surface area contributed by atoms with Crippen molar-refractivity contribution in [1.29, 1.82) is 0 Å². The summed E-state index contributed by atoms with van der Waals surface area (Å²) in [6.07, 6.45) is 2.03. The highest BCUT2D eigenvalue weighted by molar-refractivity contribution is 8.00. The molecule has 3 aromatic rings. The third-order valence-electron chi connectivity index (χ3n) is 4.04. The number of nitrogens with zero attached hydrogens (tertiary/aromatic N) is 1. The molecule has 1 aromatic heterocycles. The van der Waals surface area contributed by atoms with Crippen LogP contribution in [0.4, 0.5) is 11.4 Å². The molecule has 0 bridgehead atoms. The van der Waals surface area contributed by atoms with Crippen molar-refractivity contribution >= 4 is 45.9 Å². The highest BCUT2D eigenvalue weighted by atomic mass is 32.2. The van der Waals surface area contributed by atoms with Crippen LogP contribution in [0.15, 0.2) is 59.6 Å². The topological polar surface area (TPSA) is 79.2 Å². The van der Waals surface area contributed by atoms with Gasteiger partial charge in [0.15, 0.2) is 0 Å². The molecule has 1 aliphatic heterocycles. The van der Waals surface area contributed by atoms with E-state index in [-0.39, 0.29) is 18.2 Å². The number of carbonyl (C=O) groups is 2. The van der Waals surface area contributed by atoms with E-state index in [4.69, 9.17) is 5.73 Å². The van der Waals surface area contributed by atoms with Crippen molar-refractivity contribution in [2.75, 3.05) is 10.6 Å². The molecule has 6 heteroatoms. The molecule has 24 heavy (non-hydrogen) atoms. The van der Waals surface area contributed by atoms with E-state index in [0.29, 0.717) is 11.4 Å². The number of amides is 2. The number of aromatic nitrogens is 1. The first-order valence-electron chi connectivity index (χ1n) is 7.58. The molecule has 0 saturated carbocycles. The van der Waals surface area contributed by atoms with Gasteiger partial charge in [-0.2, -0.15) is 0 Å². The second kappa shape index (κ2) is 5.72. The first-order valence-corrected chi connectivity index (χ1v) is 8.46. The maximum atomic E-state index is 12.7. The fraction of sp³-hybridized carbons (Fsp3) is 0.111. The van der Waals surface area contributed by atoms with Crippen molar-refractivity contribution in [1.82, 2.24) is 4.98 Å². The van der Waals surface area contributed by atoms with Gasteiger partial charge in [0.25, 0.3) is 0 Å². The molecular formula is C18H15N3O2S. The van der Waals surface area contributed by atoms with E-state index in [0.717, 1.165) is 15.8 Å². The Hall–Kier alpha value is -2.73. The second-order valence-corrected chi connectivity index (χ2v) is 6.98. The summed E-state index contributed by atoms with van der Waals surface area (Å²) in [5.41, 5.74) is 7.93. The second-order valence-electron chi connectivity index (χ2n) is 5.70. The molecule has 120 valence electrons. The third kappa shape index (κ3) is 2.55. The lowest BCUT2D eigenvalue weighted by atomic mass is 10.2. The Morgan fingerprint density at radius 1 is 1.12 bits per heavy atom. The van der Waals surface area contributed by atoms with Crippen LogP contribution in [0.25, 0.3) is 10.9 Å². The fourth-order valence-electron chi connectivity index (χ4n) is 2.89. The zero-order chi connectivity index (χ0) is 16.7. The molecular weight excluding hydrogens is 322 g/mol. The Kier molecular flexibility index (Phi) is 3.54. The zero-order valence-corrected chi connectivity index (χ0v) is 13.5. The Balaban J connectivity index is 1.61. The lowest BCUT2D eigenvalue weighted by Crippen LogP contribution is -2.31. The number of H-pyrrole nitrogens is 1. The highest BCUT2D eigenvalue weighted by Gasteiger charge is 2.40. The van der Waals surface area contributed by atoms with E-state index < -0.39 is 5.25 Å². The predicted molar refractivity (Wildman–Crippen MR) is 95.9 cm³/mol. The van der Waals surface area contributed by atoms with Gasteiger partial charge in [0, 0.05) is 28.7 Å². The van der Waals surface area contributed by atoms with E-state index in [9.17, 15) is 9.59 Å². The maximum absolute atomic E-state index is 12.7. The van der Waals surface area contributed by atoms with Crippen LogP contribution in [0, 0.1) is 0 Å². The van der Waals surface area contributed by atoms with Gasteiger partial charge >= 0.3 is 0 Å². The molecule has 4 rings (SSSR count). The summed E-state index contributed by atoms with van der Waals surface area (Å²) in [6.45, 7) is 0. The van der Waals surface area contributed by atoms with E-state index in [1.807, 2.05) is 42.6 Å². The SMILES string of the molecule is Nc1cccc(SC2CC(=O)N(c3ccc4cc[nH]c4c3)C2=O)c1. The average molecular weight is 337 g/mol. The van der Waals surface area contributed by atoms with Gasteiger partial charge < -0.3 is 10.7 Å². The number of anilines is 2. The van der Waals surface area contributed by atoms with Crippen molar-refractivity contribution in [2.45, 2.75) is 16.6 Å². The molecule has 2 aromatic carbocycles. The van der Waals surface area contributed by atoms with Crippen LogP contribution < -0.4 is 10.6 Å². The molecule has 2 heterocycles. The number of hydrogen-bond acceptors (Lipinski definition) is 4. The molecule has 1 unspecified atom stereocenters. The highest BCUT2D eigenvalue weighted by Crippen LogP contribution is 2.35. The molecule has 1 aliphatic rings. The number of carbonyl (C=O) groups excluding carboxylic acids is 2. The first kappa shape index (κ1) is 14.8. The molecule has 2 amide bonds. The molecule has 3 N–H and O–H groups in total. The summed E-state index contributed by atoms with van der Waals surface area (Å²) < 4.78 is 0. The van der Waals surface area contributed by atoms with Crippen molar-refractivity contribution in [3.05, 3.63) is 54.7 Å². The number of rotatable bonds is 3. The summed E-state index contributed by atoms with van der Waals surface area (Å²) in [7, 11) is 0. The minimum Gasteiger partial charge on any atom is -0.399 e. The number of thioether (sulfide) groups is 1. The van der Waals surface area contributed by atoms with Gasteiger partial charge in [-0.05, 0) is 41.8 Å². The van der Waals surface area contributed by atoms with Crippen molar-refractivity contribution in [3.8, 4) is 0 Å². The number of imide groups is 1. The minimum absolute atomic E-state index is 0.174. The average Bonchev–Trinajstić information content (AvgIpc) is 3.12. The summed E-state index contributed by atoms with van der Waals surface area (Å²) in [5.74, 6) is -0.356. The Labute approximate surface area is 142 Å². The monoisotopic (exact) mass is 337 g/mol. The van der Waals surface area contributed by atoms with E-state index in [1.54, 1.807) is 12.1 Å². The summed E-state index contributed by atoms with van der Waals surface area (Å²) in [6, 6.07) is 14.8. The van der Waals surface area contributed by atoms with Gasteiger partial charge in [0.2, 0.25) is 11.8 Å². The molecule has 1 fully saturated rings. The van der Waals surface area contributed by atoms with Gasteiger partial charge in [-0.25, -0.2) is 4.90 Å². The van der Waals surface area contributed by atoms with E-state index in [2.05, 4.69) is 4.98 Å². The van der Waals surface area contributed by atoms with Gasteiger partial charge in [-0.3, -0.25) is 9.59 Å². The van der Waals surface area contributed by atoms with Crippen LogP contribution in [-0.2, 0) is 9.59 Å². The molecule has 1 saturated heterocycles. The van der Waals surface area contributed by atoms with Crippen LogP contribution in [0.5, 0.6) is 0 Å². The fourth-order valence-corrected chi connectivity index (χ4v) is 4.02. The van der Waals surface area contributed by atoms with Crippen LogP contribution in [0.2, 0.25) is 0 Å². The van der Waals surface area contributed by atoms with E-state index in [1.165, 1.54) is 16.7 Å². The molecule has 5 nitrogen and oxygen atoms in total. The summed E-state index contributed by atoms with van der Waals surface area (Å²) in [4.78, 5) is 30.4. The number of hydrogen-bond donors (Lipinski definition) is 2. The maximum Gasteiger partial charge on any atom is 0.247 e. The van der Waals surface area contributed by atoms with Crippen LogP contribution in [-0.4, -0.2) is 22.0 Å². The zero-order valence-electron chi connectivity index (χ0n) is 12.7. The van der Waals surface area contributed by atoms with Crippen molar-refractivity contribution in [3.63, 3.8) is 0 Å². The van der Waals surface area contributed by atoms with Crippen LogP contribution >= 0.6 is 11.8 Å². The van der Waals surface area contributed by atoms with Gasteiger partial charge in [-0.1, -0.05) is 12.1 Å². The number of benzene rings is 2. The van der Waals surface area contributed by atoms with Crippen LogP contribution in [0.3, 0.4) is 0 Å². The molecule has 1 atom stereocenters. The van der Waals surface area contributed by atoms with Gasteiger partial charge in [-0.15, -0.1) is 11.8 Å². The first-order chi connectivity index (χ1) is 11.6. The number of aromatic amines is 1. The largest absolute Gasteiger partial charge is 0.399 e. The molecule has 0 aliphatic carbocycles. The van der Waals surface area contributed by atoms with Crippen LogP contribution in [0.1, 0.15) is 6.42 Å². The van der Waals surface area contributed by atoms with Gasteiger partial charge in [0.05, 0.1) is 10.9 Å². The normalized spacial score (nSPS) is 17.8. The van der Waals surface area contributed by atoms with E-state index >= 15 is 0 Å². The Morgan fingerprint density at radius 2 is 2.00 bits per heavy atom. The number of nitrogens with one attached hydrogen (secondary N) is 1. The Bertz CT molecular complexity index is 950. The quantitative estimate of drug-likeness (QED) is 0.568. The summed E-state index contributed by atoms with van der Waals surface area (Å²) in [5, 5.41) is 0.627. The number of fused-ring (bicyclic) bond motifs is 1. The van der Waals surface area contributed by atoms with Crippen molar-refractivity contribution in [2.24, 2.45) is 0 Å².